The van der Waals surface area contributed by atoms with Crippen molar-refractivity contribution in [2.75, 3.05) is 44.9 Å². The SMILES string of the molecule is COc1ccccc1/C=C/C(=O)c1ccc(OCCCN2CCS(=O)(=O)CC2)cc1. The summed E-state index contributed by atoms with van der Waals surface area (Å²) in [5.41, 5.74) is 1.43. The van der Waals surface area contributed by atoms with Crippen molar-refractivity contribution >= 4 is 21.7 Å². The van der Waals surface area contributed by atoms with Gasteiger partial charge in [0, 0.05) is 30.8 Å². The van der Waals surface area contributed by atoms with Gasteiger partial charge in [-0.1, -0.05) is 18.2 Å². The Morgan fingerprint density at radius 1 is 1.07 bits per heavy atom. The van der Waals surface area contributed by atoms with E-state index in [2.05, 4.69) is 4.90 Å². The lowest BCUT2D eigenvalue weighted by Crippen LogP contribution is -2.40. The van der Waals surface area contributed by atoms with Crippen LogP contribution >= 0.6 is 0 Å². The summed E-state index contributed by atoms with van der Waals surface area (Å²) < 4.78 is 33.9. The molecule has 0 atom stereocenters. The number of ketones is 1. The fraction of sp³-hybridized carbons (Fsp3) is 0.348. The standard InChI is InChI=1S/C23H27NO5S/c1-28-23-6-3-2-5-20(23)9-12-22(25)19-7-10-21(11-8-19)29-16-4-13-24-14-17-30(26,27)18-15-24/h2-3,5-12H,4,13-18H2,1H3/b12-9+. The van der Waals surface area contributed by atoms with Crippen molar-refractivity contribution in [3.63, 3.8) is 0 Å². The predicted molar refractivity (Wildman–Crippen MR) is 118 cm³/mol. The number of carbonyl (C=O) groups excluding carboxylic acids is 1. The Bertz CT molecular complexity index is 969. The average Bonchev–Trinajstić information content (AvgIpc) is 2.76. The number of hydrogen-bond donors (Lipinski definition) is 0. The smallest absolute Gasteiger partial charge is 0.185 e. The minimum Gasteiger partial charge on any atom is -0.496 e. The van der Waals surface area contributed by atoms with E-state index in [1.165, 1.54) is 6.08 Å². The maximum Gasteiger partial charge on any atom is 0.185 e. The highest BCUT2D eigenvalue weighted by Gasteiger charge is 2.20. The Morgan fingerprint density at radius 2 is 1.77 bits per heavy atom. The summed E-state index contributed by atoms with van der Waals surface area (Å²) in [5, 5.41) is 0. The molecular formula is C23H27NO5S. The minimum absolute atomic E-state index is 0.0903. The van der Waals surface area contributed by atoms with Crippen molar-refractivity contribution < 1.29 is 22.7 Å². The van der Waals surface area contributed by atoms with Crippen LogP contribution in [0.3, 0.4) is 0 Å². The molecule has 2 aromatic carbocycles. The molecular weight excluding hydrogens is 402 g/mol. The molecule has 0 bridgehead atoms. The Labute approximate surface area is 178 Å². The molecule has 1 saturated heterocycles. The molecule has 7 heteroatoms. The van der Waals surface area contributed by atoms with E-state index in [-0.39, 0.29) is 17.3 Å². The first-order valence-electron chi connectivity index (χ1n) is 9.98. The van der Waals surface area contributed by atoms with Crippen molar-refractivity contribution in [1.29, 1.82) is 0 Å². The zero-order valence-electron chi connectivity index (χ0n) is 17.1. The first-order valence-corrected chi connectivity index (χ1v) is 11.8. The predicted octanol–water partition coefficient (Wildman–Crippen LogP) is 3.09. The number of allylic oxidation sites excluding steroid dienone is 1. The Kier molecular flexibility index (Phi) is 7.65. The molecule has 0 spiro atoms. The molecule has 1 fully saturated rings. The third-order valence-corrected chi connectivity index (χ3v) is 6.63. The van der Waals surface area contributed by atoms with E-state index < -0.39 is 9.84 Å². The molecule has 0 N–H and O–H groups in total. The van der Waals surface area contributed by atoms with E-state index in [1.54, 1.807) is 37.5 Å². The third-order valence-electron chi connectivity index (χ3n) is 5.02. The first-order chi connectivity index (χ1) is 14.5. The quantitative estimate of drug-likeness (QED) is 0.347. The monoisotopic (exact) mass is 429 g/mol. The summed E-state index contributed by atoms with van der Waals surface area (Å²) in [6.45, 7) is 2.56. The van der Waals surface area contributed by atoms with Crippen LogP contribution in [-0.4, -0.2) is 64.0 Å². The summed E-state index contributed by atoms with van der Waals surface area (Å²) in [6, 6.07) is 14.6. The van der Waals surface area contributed by atoms with E-state index in [4.69, 9.17) is 9.47 Å². The van der Waals surface area contributed by atoms with Gasteiger partial charge in [0.25, 0.3) is 0 Å². The van der Waals surface area contributed by atoms with Gasteiger partial charge in [0.15, 0.2) is 15.6 Å². The second-order valence-corrected chi connectivity index (χ2v) is 9.46. The van der Waals surface area contributed by atoms with E-state index in [9.17, 15) is 13.2 Å². The van der Waals surface area contributed by atoms with Crippen molar-refractivity contribution in [2.24, 2.45) is 0 Å². The summed E-state index contributed by atoms with van der Waals surface area (Å²) >= 11 is 0. The van der Waals surface area contributed by atoms with Gasteiger partial charge in [0.2, 0.25) is 0 Å². The van der Waals surface area contributed by atoms with Gasteiger partial charge >= 0.3 is 0 Å². The molecule has 30 heavy (non-hydrogen) atoms. The van der Waals surface area contributed by atoms with E-state index in [0.717, 1.165) is 24.3 Å². The van der Waals surface area contributed by atoms with Crippen LogP contribution in [0.2, 0.25) is 0 Å². The van der Waals surface area contributed by atoms with Gasteiger partial charge in [0.1, 0.15) is 11.5 Å². The van der Waals surface area contributed by atoms with Gasteiger partial charge in [-0.15, -0.1) is 0 Å². The van der Waals surface area contributed by atoms with Crippen molar-refractivity contribution in [1.82, 2.24) is 4.90 Å². The second kappa shape index (κ2) is 10.4. The molecule has 0 amide bonds. The highest BCUT2D eigenvalue weighted by Crippen LogP contribution is 2.19. The Morgan fingerprint density at radius 3 is 2.47 bits per heavy atom. The number of para-hydroxylation sites is 1. The van der Waals surface area contributed by atoms with E-state index in [1.807, 2.05) is 24.3 Å². The van der Waals surface area contributed by atoms with Crippen molar-refractivity contribution in [3.05, 3.63) is 65.7 Å². The fourth-order valence-corrected chi connectivity index (χ4v) is 4.51. The zero-order valence-corrected chi connectivity index (χ0v) is 17.9. The van der Waals surface area contributed by atoms with Gasteiger partial charge in [0.05, 0.1) is 25.2 Å². The Hall–Kier alpha value is -2.64. The largest absolute Gasteiger partial charge is 0.496 e. The first kappa shape index (κ1) is 22.1. The molecule has 0 radical (unpaired) electrons. The highest BCUT2D eigenvalue weighted by molar-refractivity contribution is 7.91. The highest BCUT2D eigenvalue weighted by atomic mass is 32.2. The lowest BCUT2D eigenvalue weighted by Gasteiger charge is -2.26. The lowest BCUT2D eigenvalue weighted by atomic mass is 10.1. The van der Waals surface area contributed by atoms with Crippen LogP contribution in [0.5, 0.6) is 11.5 Å². The van der Waals surface area contributed by atoms with Crippen LogP contribution in [0, 0.1) is 0 Å². The number of sulfone groups is 1. The average molecular weight is 430 g/mol. The third kappa shape index (κ3) is 6.43. The molecule has 0 unspecified atom stereocenters. The maximum atomic E-state index is 12.4. The maximum absolute atomic E-state index is 12.4. The summed E-state index contributed by atoms with van der Waals surface area (Å²) in [4.78, 5) is 14.5. The van der Waals surface area contributed by atoms with Crippen molar-refractivity contribution in [3.8, 4) is 11.5 Å². The molecule has 2 aromatic rings. The van der Waals surface area contributed by atoms with Gasteiger partial charge in [-0.25, -0.2) is 8.42 Å². The summed E-state index contributed by atoms with van der Waals surface area (Å²) in [6.07, 6.45) is 4.10. The number of nitrogens with zero attached hydrogens (tertiary/aromatic N) is 1. The second-order valence-electron chi connectivity index (χ2n) is 7.16. The lowest BCUT2D eigenvalue weighted by molar-refractivity contribution is 0.104. The van der Waals surface area contributed by atoms with Gasteiger partial charge in [-0.3, -0.25) is 4.79 Å². The van der Waals surface area contributed by atoms with Crippen LogP contribution in [0.4, 0.5) is 0 Å². The van der Waals surface area contributed by atoms with Crippen LogP contribution in [0.1, 0.15) is 22.3 Å². The molecule has 6 nitrogen and oxygen atoms in total. The molecule has 1 aliphatic heterocycles. The fourth-order valence-electron chi connectivity index (χ4n) is 3.23. The number of hydrogen-bond acceptors (Lipinski definition) is 6. The molecule has 0 aliphatic carbocycles. The Balaban J connectivity index is 1.44. The topological polar surface area (TPSA) is 72.9 Å². The molecule has 1 aliphatic rings. The number of rotatable bonds is 9. The molecule has 0 aromatic heterocycles. The van der Waals surface area contributed by atoms with Crippen LogP contribution < -0.4 is 9.47 Å². The number of benzene rings is 2. The van der Waals surface area contributed by atoms with Gasteiger partial charge in [-0.2, -0.15) is 0 Å². The molecule has 0 saturated carbocycles. The summed E-state index contributed by atoms with van der Waals surface area (Å²) in [7, 11) is -1.23. The normalized spacial score (nSPS) is 16.4. The number of ether oxygens (including phenoxy) is 2. The van der Waals surface area contributed by atoms with Crippen LogP contribution in [-0.2, 0) is 9.84 Å². The minimum atomic E-state index is -2.84. The van der Waals surface area contributed by atoms with Crippen molar-refractivity contribution in [2.45, 2.75) is 6.42 Å². The van der Waals surface area contributed by atoms with Gasteiger partial charge in [-0.05, 0) is 48.9 Å². The van der Waals surface area contributed by atoms with E-state index >= 15 is 0 Å². The molecule has 160 valence electrons. The number of methoxy groups -OCH3 is 1. The molecule has 3 rings (SSSR count). The zero-order chi connectivity index (χ0) is 21.4. The van der Waals surface area contributed by atoms with Crippen LogP contribution in [0.25, 0.3) is 6.08 Å². The van der Waals surface area contributed by atoms with Crippen LogP contribution in [0.15, 0.2) is 54.6 Å². The van der Waals surface area contributed by atoms with Gasteiger partial charge < -0.3 is 14.4 Å². The van der Waals surface area contributed by atoms with E-state index in [0.29, 0.717) is 31.0 Å². The molecule has 1 heterocycles. The number of carbonyl (C=O) groups is 1. The summed E-state index contributed by atoms with van der Waals surface area (Å²) in [5.74, 6) is 1.83.